The molecule has 0 unspecified atom stereocenters. The van der Waals surface area contributed by atoms with E-state index < -0.39 is 9.84 Å². The van der Waals surface area contributed by atoms with Gasteiger partial charge in [-0.15, -0.1) is 6.42 Å². The number of sulfone groups is 1. The van der Waals surface area contributed by atoms with Crippen LogP contribution in [0.2, 0.25) is 0 Å². The molecular weight excluding hydrogens is 223 g/mol. The summed E-state index contributed by atoms with van der Waals surface area (Å²) in [5.74, 6) is 0.668. The summed E-state index contributed by atoms with van der Waals surface area (Å²) in [5.41, 5.74) is 0. The van der Waals surface area contributed by atoms with Gasteiger partial charge in [-0.1, -0.05) is 0 Å². The summed E-state index contributed by atoms with van der Waals surface area (Å²) in [6.07, 6.45) is 1.87. The zero-order chi connectivity index (χ0) is 10.6. The second-order valence-corrected chi connectivity index (χ2v) is 4.96. The number of ether oxygens (including phenoxy) is 1. The molecule has 0 aromatic heterocycles. The van der Waals surface area contributed by atoms with Crippen molar-refractivity contribution in [2.24, 2.45) is 0 Å². The number of rotatable bonds is 4. The van der Waals surface area contributed by atoms with E-state index in [1.807, 2.05) is 0 Å². The summed E-state index contributed by atoms with van der Waals surface area (Å²) in [4.78, 5) is 0.305. The quantitative estimate of drug-likeness (QED) is 0.482. The van der Waals surface area contributed by atoms with Gasteiger partial charge in [0.05, 0.1) is 11.5 Å². The van der Waals surface area contributed by atoms with Crippen LogP contribution in [0.1, 0.15) is 6.42 Å². The van der Waals surface area contributed by atoms with Crippen molar-refractivity contribution < 1.29 is 42.7 Å². The summed E-state index contributed by atoms with van der Waals surface area (Å²) >= 11 is 0. The van der Waals surface area contributed by atoms with Crippen molar-refractivity contribution in [3.63, 3.8) is 0 Å². The summed E-state index contributed by atoms with van der Waals surface area (Å²) in [7, 11) is -3.11. The third-order valence-electron chi connectivity index (χ3n) is 1.66. The van der Waals surface area contributed by atoms with E-state index in [4.69, 9.17) is 4.74 Å². The van der Waals surface area contributed by atoms with E-state index >= 15 is 0 Å². The van der Waals surface area contributed by atoms with E-state index in [1.54, 1.807) is 12.1 Å². The average Bonchev–Trinajstić information content (AvgIpc) is 2.14. The molecule has 15 heavy (non-hydrogen) atoms. The van der Waals surface area contributed by atoms with Crippen molar-refractivity contribution in [3.8, 4) is 5.75 Å². The van der Waals surface area contributed by atoms with Gasteiger partial charge in [0.2, 0.25) is 0 Å². The van der Waals surface area contributed by atoms with Gasteiger partial charge in [-0.05, 0) is 24.3 Å². The van der Waals surface area contributed by atoms with Crippen LogP contribution in [0.3, 0.4) is 0 Å². The molecule has 0 fully saturated rings. The van der Waals surface area contributed by atoms with Crippen molar-refractivity contribution in [2.45, 2.75) is 11.3 Å². The first-order valence-corrected chi connectivity index (χ1v) is 6.15. The fourth-order valence-corrected chi connectivity index (χ4v) is 1.60. The number of hydrogen-bond acceptors (Lipinski definition) is 3. The third-order valence-corrected chi connectivity index (χ3v) is 2.79. The van der Waals surface area contributed by atoms with Crippen LogP contribution in [0.4, 0.5) is 0 Å². The van der Waals surface area contributed by atoms with Crippen LogP contribution < -0.4 is 34.3 Å². The fourth-order valence-electron chi connectivity index (χ4n) is 0.973. The minimum absolute atomic E-state index is 0. The molecule has 0 aliphatic carbocycles. The smallest absolute Gasteiger partial charge is 0.496 e. The molecule has 0 N–H and O–H groups in total. The maximum Gasteiger partial charge on any atom is 1.00 e. The van der Waals surface area contributed by atoms with E-state index in [1.165, 1.54) is 18.4 Å². The summed E-state index contributed by atoms with van der Waals surface area (Å²) in [6.45, 7) is 4.18. The average molecular weight is 236 g/mol. The Hall–Kier alpha value is -0.0300. The van der Waals surface area contributed by atoms with Gasteiger partial charge in [0.1, 0.15) is 5.75 Å². The van der Waals surface area contributed by atoms with Crippen LogP contribution in [0.15, 0.2) is 29.2 Å². The van der Waals surface area contributed by atoms with Crippen LogP contribution in [-0.4, -0.2) is 21.3 Å². The molecule has 0 saturated carbocycles. The van der Waals surface area contributed by atoms with E-state index in [0.717, 1.165) is 0 Å². The van der Waals surface area contributed by atoms with Crippen molar-refractivity contribution in [1.82, 2.24) is 0 Å². The first-order valence-electron chi connectivity index (χ1n) is 4.26. The Morgan fingerprint density at radius 3 is 2.20 bits per heavy atom. The van der Waals surface area contributed by atoms with Gasteiger partial charge in [-0.25, -0.2) is 8.42 Å². The summed E-state index contributed by atoms with van der Waals surface area (Å²) in [6, 6.07) is 6.36. The van der Waals surface area contributed by atoms with Crippen LogP contribution in [0, 0.1) is 6.92 Å². The molecule has 0 amide bonds. The van der Waals surface area contributed by atoms with E-state index in [-0.39, 0.29) is 29.6 Å². The minimum atomic E-state index is -3.11. The van der Waals surface area contributed by atoms with Crippen molar-refractivity contribution >= 4 is 9.84 Å². The molecule has 0 aliphatic rings. The van der Waals surface area contributed by atoms with Gasteiger partial charge in [-0.3, -0.25) is 0 Å². The Bertz CT molecular complexity index is 384. The first-order chi connectivity index (χ1) is 6.54. The first kappa shape index (κ1) is 15.0. The Kier molecular flexibility index (Phi) is 6.52. The molecule has 78 valence electrons. The molecule has 0 saturated heterocycles. The summed E-state index contributed by atoms with van der Waals surface area (Å²) in [5, 5.41) is 0. The molecule has 0 aliphatic heterocycles. The molecule has 0 heterocycles. The molecular formula is C10H13NaO3S. The zero-order valence-electron chi connectivity index (χ0n) is 9.06. The van der Waals surface area contributed by atoms with E-state index in [9.17, 15) is 8.42 Å². The normalized spacial score (nSPS) is 10.5. The van der Waals surface area contributed by atoms with Gasteiger partial charge < -0.3 is 11.7 Å². The largest absolute Gasteiger partial charge is 1.00 e. The molecule has 1 aromatic carbocycles. The predicted molar refractivity (Wildman–Crippen MR) is 55.0 cm³/mol. The second kappa shape index (κ2) is 6.53. The van der Waals surface area contributed by atoms with Gasteiger partial charge in [-0.2, -0.15) is 0 Å². The third kappa shape index (κ3) is 5.02. The maximum atomic E-state index is 11.1. The van der Waals surface area contributed by atoms with Gasteiger partial charge in [0.25, 0.3) is 0 Å². The van der Waals surface area contributed by atoms with Crippen molar-refractivity contribution in [1.29, 1.82) is 0 Å². The van der Waals surface area contributed by atoms with Gasteiger partial charge >= 0.3 is 29.6 Å². The predicted octanol–water partition coefficient (Wildman–Crippen LogP) is -1.30. The fraction of sp³-hybridized carbons (Fsp3) is 0.300. The monoisotopic (exact) mass is 236 g/mol. The molecule has 3 nitrogen and oxygen atoms in total. The molecule has 0 spiro atoms. The molecule has 5 heteroatoms. The molecule has 1 rings (SSSR count). The number of benzene rings is 1. The topological polar surface area (TPSA) is 43.4 Å². The zero-order valence-corrected chi connectivity index (χ0v) is 11.9. The summed E-state index contributed by atoms with van der Waals surface area (Å²) < 4.78 is 27.5. The van der Waals surface area contributed by atoms with Crippen LogP contribution in [0.25, 0.3) is 0 Å². The Morgan fingerprint density at radius 2 is 1.80 bits per heavy atom. The molecule has 1 aromatic rings. The Morgan fingerprint density at radius 1 is 1.27 bits per heavy atom. The van der Waals surface area contributed by atoms with Gasteiger partial charge in [0, 0.05) is 6.26 Å². The Labute approximate surface area is 113 Å². The van der Waals surface area contributed by atoms with E-state index in [2.05, 4.69) is 6.92 Å². The van der Waals surface area contributed by atoms with Crippen LogP contribution >= 0.6 is 0 Å². The Balaban J connectivity index is 0.00000196. The van der Waals surface area contributed by atoms with Crippen molar-refractivity contribution in [3.05, 3.63) is 31.2 Å². The maximum absolute atomic E-state index is 11.1. The van der Waals surface area contributed by atoms with Crippen LogP contribution in [-0.2, 0) is 9.84 Å². The molecule has 0 atom stereocenters. The molecule has 0 bridgehead atoms. The van der Waals surface area contributed by atoms with Crippen LogP contribution in [0.5, 0.6) is 5.75 Å². The second-order valence-electron chi connectivity index (χ2n) is 2.95. The SMILES string of the molecule is [CH2-]CCOc1ccc(S(C)(=O)=O)cc1.[Na+]. The number of hydrogen-bond donors (Lipinski definition) is 0. The van der Waals surface area contributed by atoms with Gasteiger partial charge in [0.15, 0.2) is 9.84 Å². The van der Waals surface area contributed by atoms with E-state index in [0.29, 0.717) is 23.7 Å². The molecule has 0 radical (unpaired) electrons. The van der Waals surface area contributed by atoms with Crippen molar-refractivity contribution in [2.75, 3.05) is 12.9 Å². The standard InChI is InChI=1S/C10H13O3S.Na/c1-3-8-13-9-4-6-10(7-5-9)14(2,11)12;/h4-7H,1,3,8H2,2H3;/q-1;+1. The minimum Gasteiger partial charge on any atom is -0.496 e.